The summed E-state index contributed by atoms with van der Waals surface area (Å²) >= 11 is 0. The number of H-pyrrole nitrogens is 1. The van der Waals surface area contributed by atoms with Crippen molar-refractivity contribution in [1.29, 1.82) is 0 Å². The Morgan fingerprint density at radius 2 is 1.88 bits per heavy atom. The van der Waals surface area contributed by atoms with Gasteiger partial charge >= 0.3 is 15.6 Å². The van der Waals surface area contributed by atoms with Crippen molar-refractivity contribution in [3.8, 4) is 0 Å². The summed E-state index contributed by atoms with van der Waals surface area (Å²) in [7, 11) is -17.2. The number of aromatic nitrogens is 4. The van der Waals surface area contributed by atoms with Crippen molar-refractivity contribution in [2.75, 3.05) is 12.3 Å². The number of aldehydes is 2. The van der Waals surface area contributed by atoms with Gasteiger partial charge in [0.2, 0.25) is 5.95 Å². The van der Waals surface area contributed by atoms with Gasteiger partial charge in [-0.3, -0.25) is 23.7 Å². The van der Waals surface area contributed by atoms with Gasteiger partial charge in [-0.15, -0.1) is 0 Å². The minimum Gasteiger partial charge on any atom is -0.756 e. The lowest BCUT2D eigenvalue weighted by Gasteiger charge is -2.26. The number of phosphoric acid groups is 3. The van der Waals surface area contributed by atoms with Crippen molar-refractivity contribution in [2.45, 2.75) is 12.3 Å². The summed E-state index contributed by atoms with van der Waals surface area (Å²) in [6, 6.07) is 0. The molecular weight excluding hydrogens is 507 g/mol. The predicted octanol–water partition coefficient (Wildman–Crippen LogP) is -2.31. The molecule has 0 radical (unpaired) electrons. The number of imidazole rings is 1. The fourth-order valence-electron chi connectivity index (χ4n) is 2.05. The van der Waals surface area contributed by atoms with Crippen molar-refractivity contribution in [2.24, 2.45) is 0 Å². The molecule has 22 heteroatoms. The number of nitrogens with two attached hydrogens (primary N) is 1. The number of phosphoric ester groups is 1. The number of fused-ring (bicyclic) bond motifs is 1. The molecule has 4 atom stereocenters. The van der Waals surface area contributed by atoms with Crippen molar-refractivity contribution in [1.82, 2.24) is 19.5 Å². The van der Waals surface area contributed by atoms with Gasteiger partial charge in [-0.1, -0.05) is 0 Å². The highest BCUT2D eigenvalue weighted by Gasteiger charge is 2.37. The third-order valence-electron chi connectivity index (χ3n) is 3.12. The van der Waals surface area contributed by atoms with E-state index in [1.807, 2.05) is 0 Å². The Labute approximate surface area is 175 Å². The molecule has 178 valence electrons. The van der Waals surface area contributed by atoms with Crippen LogP contribution in [0.2, 0.25) is 0 Å². The van der Waals surface area contributed by atoms with Gasteiger partial charge in [-0.2, -0.15) is 9.29 Å². The molecule has 0 aliphatic carbocycles. The Morgan fingerprint density at radius 1 is 1.22 bits per heavy atom. The van der Waals surface area contributed by atoms with Crippen molar-refractivity contribution < 1.29 is 60.7 Å². The molecule has 0 aromatic carbocycles. The van der Waals surface area contributed by atoms with Gasteiger partial charge in [-0.05, 0) is 0 Å². The number of nitrogens with one attached hydrogen (secondary N) is 1. The molecule has 2 aromatic heterocycles. The first-order valence-electron chi connectivity index (χ1n) is 7.71. The van der Waals surface area contributed by atoms with E-state index in [1.54, 1.807) is 0 Å². The van der Waals surface area contributed by atoms with Crippen LogP contribution in [0.15, 0.2) is 11.1 Å². The summed E-state index contributed by atoms with van der Waals surface area (Å²) in [6.45, 7) is -1.21. The molecule has 0 aliphatic heterocycles. The Hall–Kier alpha value is -2.14. The first-order chi connectivity index (χ1) is 14.7. The van der Waals surface area contributed by atoms with Crippen LogP contribution in [0.4, 0.5) is 5.95 Å². The SMILES string of the molecule is Nc1nc2c(ncn2C(C=O)OC(C=O)COP(=O)([O-])OP(=O)(O)OP(=O)(O)O)c(=O)[nH]1. The van der Waals surface area contributed by atoms with Gasteiger partial charge in [0.1, 0.15) is 6.10 Å². The van der Waals surface area contributed by atoms with Crippen LogP contribution in [0.3, 0.4) is 0 Å². The molecule has 0 amide bonds. The number of ether oxygens (including phenoxy) is 1. The normalized spacial score (nSPS) is 17.9. The molecule has 6 N–H and O–H groups in total. The maximum Gasteiger partial charge on any atom is 0.487 e. The third-order valence-corrected chi connectivity index (χ3v) is 6.88. The van der Waals surface area contributed by atoms with Crippen LogP contribution < -0.4 is 16.2 Å². The lowest BCUT2D eigenvalue weighted by Crippen LogP contribution is -2.28. The molecule has 0 fully saturated rings. The zero-order chi connectivity index (χ0) is 24.3. The Morgan fingerprint density at radius 3 is 2.44 bits per heavy atom. The molecule has 32 heavy (non-hydrogen) atoms. The summed E-state index contributed by atoms with van der Waals surface area (Å²) in [4.78, 5) is 81.5. The quantitative estimate of drug-likeness (QED) is 0.145. The van der Waals surface area contributed by atoms with E-state index in [2.05, 4.69) is 28.1 Å². The van der Waals surface area contributed by atoms with Crippen molar-refractivity contribution in [3.05, 3.63) is 16.7 Å². The first kappa shape index (κ1) is 26.1. The van der Waals surface area contributed by atoms with E-state index in [-0.39, 0.29) is 29.7 Å². The van der Waals surface area contributed by atoms with E-state index in [1.165, 1.54) is 0 Å². The fourth-order valence-corrected chi connectivity index (χ4v) is 5.04. The van der Waals surface area contributed by atoms with Crippen LogP contribution in [0.1, 0.15) is 6.23 Å². The van der Waals surface area contributed by atoms with E-state index < -0.39 is 48.0 Å². The summed E-state index contributed by atoms with van der Waals surface area (Å²) in [5.41, 5.74) is 4.20. The van der Waals surface area contributed by atoms with Gasteiger partial charge in [0.15, 0.2) is 30.0 Å². The highest BCUT2D eigenvalue weighted by Crippen LogP contribution is 2.64. The van der Waals surface area contributed by atoms with Crippen LogP contribution in [-0.4, -0.2) is 59.5 Å². The largest absolute Gasteiger partial charge is 0.756 e. The lowest BCUT2D eigenvalue weighted by atomic mass is 10.4. The van der Waals surface area contributed by atoms with Crippen LogP contribution in [0.25, 0.3) is 11.2 Å². The second-order valence-corrected chi connectivity index (χ2v) is 9.86. The minimum atomic E-state index is -5.83. The maximum absolute atomic E-state index is 11.8. The number of aromatic amines is 1. The second-order valence-electron chi connectivity index (χ2n) is 5.48. The summed E-state index contributed by atoms with van der Waals surface area (Å²) in [5, 5.41) is 0. The van der Waals surface area contributed by atoms with Gasteiger partial charge in [0.25, 0.3) is 13.4 Å². The van der Waals surface area contributed by atoms with Gasteiger partial charge in [0, 0.05) is 0 Å². The van der Waals surface area contributed by atoms with Crippen molar-refractivity contribution >= 4 is 53.2 Å². The zero-order valence-electron chi connectivity index (χ0n) is 15.2. The molecule has 2 rings (SSSR count). The van der Waals surface area contributed by atoms with Crippen LogP contribution in [0.5, 0.6) is 0 Å². The van der Waals surface area contributed by atoms with Crippen molar-refractivity contribution in [3.63, 3.8) is 0 Å². The van der Waals surface area contributed by atoms with E-state index in [0.29, 0.717) is 0 Å². The Balaban J connectivity index is 2.13. The van der Waals surface area contributed by atoms with Crippen LogP contribution in [-0.2, 0) is 41.2 Å². The number of carbonyl (C=O) groups is 2. The van der Waals surface area contributed by atoms with E-state index in [4.69, 9.17) is 25.2 Å². The average molecular weight is 520 g/mol. The average Bonchev–Trinajstić information content (AvgIpc) is 3.03. The monoisotopic (exact) mass is 520 g/mol. The molecule has 0 bridgehead atoms. The minimum absolute atomic E-state index is 0.0190. The summed E-state index contributed by atoms with van der Waals surface area (Å²) in [5.74, 6) is -0.334. The molecule has 0 saturated heterocycles. The zero-order valence-corrected chi connectivity index (χ0v) is 17.9. The molecule has 0 spiro atoms. The molecule has 2 heterocycles. The predicted molar refractivity (Wildman–Crippen MR) is 96.2 cm³/mol. The molecule has 19 nitrogen and oxygen atoms in total. The summed E-state index contributed by atoms with van der Waals surface area (Å²) < 4.78 is 50.3. The molecule has 0 saturated carbocycles. The molecular formula is C10H13N5O14P3-. The highest BCUT2D eigenvalue weighted by atomic mass is 31.3. The fraction of sp³-hybridized carbons (Fsp3) is 0.300. The van der Waals surface area contributed by atoms with Crippen LogP contribution in [0, 0.1) is 0 Å². The van der Waals surface area contributed by atoms with Gasteiger partial charge < -0.3 is 39.4 Å². The molecule has 4 unspecified atom stereocenters. The summed E-state index contributed by atoms with van der Waals surface area (Å²) in [6.07, 6.45) is -2.47. The third kappa shape index (κ3) is 7.19. The smallest absolute Gasteiger partial charge is 0.487 e. The number of rotatable bonds is 12. The standard InChI is InChI=1S/C10H14N5O14P3/c11-10-13-8-7(9(18)14-10)12-4-15(8)6(2-17)27-5(1-16)3-26-31(22,23)29-32(24,25)28-30(19,20)21/h1-2,4-6H,3H2,(H,22,23)(H,24,25)(H2,19,20,21)(H3,11,13,14,18)/p-1. The Bertz CT molecular complexity index is 1200. The molecule has 2 aromatic rings. The number of anilines is 1. The number of nitrogen functional groups attached to an aromatic ring is 1. The lowest BCUT2D eigenvalue weighted by molar-refractivity contribution is -0.220. The number of hydrogen-bond donors (Lipinski definition) is 5. The first-order valence-corrected chi connectivity index (χ1v) is 12.2. The van der Waals surface area contributed by atoms with Gasteiger partial charge in [-0.25, -0.2) is 18.4 Å². The van der Waals surface area contributed by atoms with Gasteiger partial charge in [0.05, 0.1) is 12.9 Å². The Kier molecular flexibility index (Phi) is 7.98. The van der Waals surface area contributed by atoms with E-state index in [0.717, 1.165) is 10.9 Å². The number of nitrogens with zero attached hydrogens (tertiary/aromatic N) is 3. The maximum atomic E-state index is 11.8. The van der Waals surface area contributed by atoms with E-state index >= 15 is 0 Å². The van der Waals surface area contributed by atoms with E-state index in [9.17, 15) is 33.0 Å². The number of hydrogen-bond acceptors (Lipinski definition) is 14. The molecule has 0 aliphatic rings. The second kappa shape index (κ2) is 9.78. The number of carbonyl (C=O) groups excluding carboxylic acids is 2. The topological polar surface area (TPSA) is 296 Å². The highest BCUT2D eigenvalue weighted by molar-refractivity contribution is 7.66. The van der Waals surface area contributed by atoms with Crippen LogP contribution >= 0.6 is 23.5 Å².